The maximum Gasteiger partial charge on any atom is 0.295 e. The van der Waals surface area contributed by atoms with Crippen molar-refractivity contribution in [3.05, 3.63) is 70.5 Å². The van der Waals surface area contributed by atoms with Gasteiger partial charge in [-0.3, -0.25) is 10.2 Å². The van der Waals surface area contributed by atoms with E-state index in [9.17, 15) is 4.79 Å². The van der Waals surface area contributed by atoms with Crippen molar-refractivity contribution in [1.82, 2.24) is 9.55 Å². The second-order valence-corrected chi connectivity index (χ2v) is 4.59. The Kier molecular flexibility index (Phi) is 3.47. The summed E-state index contributed by atoms with van der Waals surface area (Å²) >= 11 is 0. The van der Waals surface area contributed by atoms with Crippen LogP contribution in [0.5, 0.6) is 0 Å². The van der Waals surface area contributed by atoms with Crippen LogP contribution in [0.15, 0.2) is 64.5 Å². The Balaban J connectivity index is 1.93. The highest BCUT2D eigenvalue weighted by Gasteiger charge is 2.06. The highest BCUT2D eigenvalue weighted by Crippen LogP contribution is 2.10. The third-order valence-electron chi connectivity index (χ3n) is 3.17. The van der Waals surface area contributed by atoms with Gasteiger partial charge in [0.15, 0.2) is 0 Å². The molecule has 0 aliphatic carbocycles. The minimum atomic E-state index is -0.209. The fourth-order valence-electron chi connectivity index (χ4n) is 2.06. The smallest absolute Gasteiger partial charge is 0.295 e. The summed E-state index contributed by atoms with van der Waals surface area (Å²) in [5.41, 5.74) is 5.00. The molecule has 0 aliphatic heterocycles. The fourth-order valence-corrected chi connectivity index (χ4v) is 2.06. The summed E-state index contributed by atoms with van der Waals surface area (Å²) in [6, 6.07) is 17.1. The van der Waals surface area contributed by atoms with Crippen molar-refractivity contribution in [2.24, 2.45) is 12.1 Å². The minimum Gasteiger partial charge on any atom is -0.307 e. The molecular formula is C16H14N4O. The second kappa shape index (κ2) is 5.58. The standard InChI is InChI=1S/C16H14N4O/c1-20-14-10-6-5-9-13(14)18-15(16(20)21)19-17-11-12-7-3-2-4-8-12/h2-11H,1H3,(H,18,19). The molecule has 1 heterocycles. The molecule has 104 valence electrons. The average molecular weight is 278 g/mol. The van der Waals surface area contributed by atoms with Crippen LogP contribution in [0.3, 0.4) is 0 Å². The van der Waals surface area contributed by atoms with Crippen LogP contribution in [-0.2, 0) is 7.05 Å². The van der Waals surface area contributed by atoms with Crippen LogP contribution in [-0.4, -0.2) is 15.8 Å². The first-order valence-corrected chi connectivity index (χ1v) is 6.55. The maximum absolute atomic E-state index is 12.2. The maximum atomic E-state index is 12.2. The average Bonchev–Trinajstić information content (AvgIpc) is 2.53. The van der Waals surface area contributed by atoms with E-state index in [2.05, 4.69) is 15.5 Å². The highest BCUT2D eigenvalue weighted by molar-refractivity contribution is 5.80. The number of hydrogen-bond acceptors (Lipinski definition) is 4. The number of hydrogen-bond donors (Lipinski definition) is 1. The fraction of sp³-hybridized carbons (Fsp3) is 0.0625. The van der Waals surface area contributed by atoms with E-state index in [1.165, 1.54) is 0 Å². The monoisotopic (exact) mass is 278 g/mol. The molecule has 0 saturated heterocycles. The molecule has 5 heteroatoms. The second-order valence-electron chi connectivity index (χ2n) is 4.59. The van der Waals surface area contributed by atoms with Gasteiger partial charge < -0.3 is 4.57 Å². The Morgan fingerprint density at radius 3 is 2.62 bits per heavy atom. The van der Waals surface area contributed by atoms with Gasteiger partial charge in [-0.05, 0) is 17.7 Å². The van der Waals surface area contributed by atoms with Crippen LogP contribution in [0.4, 0.5) is 5.82 Å². The van der Waals surface area contributed by atoms with Gasteiger partial charge in [0, 0.05) is 7.05 Å². The summed E-state index contributed by atoms with van der Waals surface area (Å²) in [5.74, 6) is 0.211. The van der Waals surface area contributed by atoms with Crippen LogP contribution in [0.25, 0.3) is 11.0 Å². The summed E-state index contributed by atoms with van der Waals surface area (Å²) in [7, 11) is 1.72. The lowest BCUT2D eigenvalue weighted by Crippen LogP contribution is -2.21. The van der Waals surface area contributed by atoms with Crippen molar-refractivity contribution >= 4 is 23.1 Å². The number of para-hydroxylation sites is 2. The van der Waals surface area contributed by atoms with Crippen LogP contribution in [0.1, 0.15) is 5.56 Å². The zero-order valence-corrected chi connectivity index (χ0v) is 11.5. The van der Waals surface area contributed by atoms with Crippen molar-refractivity contribution in [2.45, 2.75) is 0 Å². The molecule has 0 saturated carbocycles. The highest BCUT2D eigenvalue weighted by atomic mass is 16.1. The van der Waals surface area contributed by atoms with E-state index in [4.69, 9.17) is 0 Å². The summed E-state index contributed by atoms with van der Waals surface area (Å²) in [6.45, 7) is 0. The zero-order valence-electron chi connectivity index (χ0n) is 11.5. The summed E-state index contributed by atoms with van der Waals surface area (Å²) in [5, 5.41) is 4.07. The Morgan fingerprint density at radius 2 is 1.81 bits per heavy atom. The zero-order chi connectivity index (χ0) is 14.7. The Morgan fingerprint density at radius 1 is 1.10 bits per heavy atom. The van der Waals surface area contributed by atoms with Gasteiger partial charge in [0.25, 0.3) is 5.56 Å². The van der Waals surface area contributed by atoms with Crippen LogP contribution >= 0.6 is 0 Å². The van der Waals surface area contributed by atoms with Gasteiger partial charge >= 0.3 is 0 Å². The lowest BCUT2D eigenvalue weighted by molar-refractivity contribution is 0.892. The van der Waals surface area contributed by atoms with E-state index in [1.807, 2.05) is 54.6 Å². The minimum absolute atomic E-state index is 0.209. The van der Waals surface area contributed by atoms with Gasteiger partial charge in [-0.1, -0.05) is 42.5 Å². The molecule has 2 aromatic carbocycles. The van der Waals surface area contributed by atoms with Crippen molar-refractivity contribution in [1.29, 1.82) is 0 Å². The number of benzene rings is 2. The number of aromatic nitrogens is 2. The molecule has 0 spiro atoms. The molecule has 0 amide bonds. The molecule has 0 atom stereocenters. The largest absolute Gasteiger partial charge is 0.307 e. The molecule has 3 aromatic rings. The third kappa shape index (κ3) is 2.67. The Bertz CT molecular complexity index is 853. The van der Waals surface area contributed by atoms with E-state index in [-0.39, 0.29) is 11.4 Å². The molecule has 0 aliphatic rings. The van der Waals surface area contributed by atoms with Crippen LogP contribution < -0.4 is 11.0 Å². The number of hydrazone groups is 1. The molecule has 5 nitrogen and oxygen atoms in total. The molecule has 1 N–H and O–H groups in total. The van der Waals surface area contributed by atoms with Gasteiger partial charge in [0.2, 0.25) is 5.82 Å². The van der Waals surface area contributed by atoms with E-state index in [0.717, 1.165) is 16.6 Å². The SMILES string of the molecule is Cn1c(=O)c(NN=Cc2ccccc2)nc2ccccc21. The number of anilines is 1. The topological polar surface area (TPSA) is 59.3 Å². The molecule has 0 bridgehead atoms. The molecule has 3 rings (SSSR count). The van der Waals surface area contributed by atoms with Gasteiger partial charge in [-0.25, -0.2) is 4.98 Å². The van der Waals surface area contributed by atoms with Crippen molar-refractivity contribution in [3.8, 4) is 0 Å². The molecule has 21 heavy (non-hydrogen) atoms. The van der Waals surface area contributed by atoms with E-state index >= 15 is 0 Å². The summed E-state index contributed by atoms with van der Waals surface area (Å²) in [4.78, 5) is 16.5. The first-order valence-electron chi connectivity index (χ1n) is 6.55. The third-order valence-corrected chi connectivity index (χ3v) is 3.17. The van der Waals surface area contributed by atoms with Gasteiger partial charge in [0.1, 0.15) is 0 Å². The summed E-state index contributed by atoms with van der Waals surface area (Å²) < 4.78 is 1.56. The molecule has 0 fully saturated rings. The van der Waals surface area contributed by atoms with E-state index in [0.29, 0.717) is 0 Å². The van der Waals surface area contributed by atoms with Gasteiger partial charge in [-0.15, -0.1) is 0 Å². The van der Waals surface area contributed by atoms with E-state index in [1.54, 1.807) is 17.8 Å². The Hall–Kier alpha value is -2.95. The van der Waals surface area contributed by atoms with Crippen molar-refractivity contribution in [3.63, 3.8) is 0 Å². The normalized spacial score (nSPS) is 11.1. The number of nitrogens with one attached hydrogen (secondary N) is 1. The number of fused-ring (bicyclic) bond motifs is 1. The lowest BCUT2D eigenvalue weighted by atomic mass is 10.2. The van der Waals surface area contributed by atoms with Gasteiger partial charge in [-0.2, -0.15) is 5.10 Å². The number of aryl methyl sites for hydroxylation is 1. The molecule has 0 radical (unpaired) electrons. The molecule has 0 unspecified atom stereocenters. The van der Waals surface area contributed by atoms with Crippen LogP contribution in [0, 0.1) is 0 Å². The summed E-state index contributed by atoms with van der Waals surface area (Å²) in [6.07, 6.45) is 1.65. The van der Waals surface area contributed by atoms with Gasteiger partial charge in [0.05, 0.1) is 17.2 Å². The quantitative estimate of drug-likeness (QED) is 0.591. The van der Waals surface area contributed by atoms with Crippen LogP contribution in [0.2, 0.25) is 0 Å². The first kappa shape index (κ1) is 13.1. The molecular weight excluding hydrogens is 264 g/mol. The number of nitrogens with zero attached hydrogens (tertiary/aromatic N) is 3. The Labute approximate surface area is 121 Å². The number of rotatable bonds is 3. The van der Waals surface area contributed by atoms with Crippen molar-refractivity contribution in [2.75, 3.05) is 5.43 Å². The van der Waals surface area contributed by atoms with E-state index < -0.39 is 0 Å². The first-order chi connectivity index (χ1) is 10.3. The predicted molar refractivity (Wildman–Crippen MR) is 84.6 cm³/mol. The predicted octanol–water partition coefficient (Wildman–Crippen LogP) is 2.38. The molecule has 1 aromatic heterocycles. The van der Waals surface area contributed by atoms with Crippen molar-refractivity contribution < 1.29 is 0 Å². The lowest BCUT2D eigenvalue weighted by Gasteiger charge is -2.06.